The summed E-state index contributed by atoms with van der Waals surface area (Å²) in [5.41, 5.74) is 8.24. The predicted octanol–water partition coefficient (Wildman–Crippen LogP) is 2.18. The van der Waals surface area contributed by atoms with Gasteiger partial charge in [-0.05, 0) is 29.3 Å². The third-order valence-corrected chi connectivity index (χ3v) is 7.70. The largest absolute Gasteiger partial charge is 0.375 e. The molecular weight excluding hydrogens is 509 g/mol. The van der Waals surface area contributed by atoms with E-state index in [9.17, 15) is 18.8 Å². The third-order valence-electron chi connectivity index (χ3n) is 6.85. The van der Waals surface area contributed by atoms with Crippen molar-refractivity contribution in [1.29, 1.82) is 0 Å². The lowest BCUT2D eigenvalue weighted by Crippen LogP contribution is -2.65. The number of nitrogen functional groups attached to an aromatic ring is 1. The second kappa shape index (κ2) is 10.4. The molecule has 0 saturated carbocycles. The molecular formula is C26H28FN7O3S. The molecule has 10 nitrogen and oxygen atoms in total. The molecule has 3 N–H and O–H groups in total. The molecule has 2 aliphatic heterocycles. The lowest BCUT2D eigenvalue weighted by molar-refractivity contribution is -0.157. The molecule has 5 rings (SSSR count). The van der Waals surface area contributed by atoms with Crippen LogP contribution in [0.4, 0.5) is 14.3 Å². The number of halogens is 1. The first-order valence-electron chi connectivity index (χ1n) is 12.2. The van der Waals surface area contributed by atoms with Crippen molar-refractivity contribution in [2.45, 2.75) is 25.2 Å². The van der Waals surface area contributed by atoms with Crippen LogP contribution in [-0.2, 0) is 22.6 Å². The molecule has 0 bridgehead atoms. The Morgan fingerprint density at radius 2 is 2.05 bits per heavy atom. The zero-order valence-electron chi connectivity index (χ0n) is 20.8. The van der Waals surface area contributed by atoms with Crippen LogP contribution in [0.1, 0.15) is 11.1 Å². The van der Waals surface area contributed by atoms with Gasteiger partial charge in [-0.1, -0.05) is 41.7 Å². The van der Waals surface area contributed by atoms with Crippen molar-refractivity contribution in [3.05, 3.63) is 72.1 Å². The number of fused-ring (bicyclic) bond motifs is 2. The van der Waals surface area contributed by atoms with Gasteiger partial charge in [-0.15, -0.1) is 6.58 Å². The molecule has 0 aliphatic carbocycles. The minimum atomic E-state index is -0.827. The highest BCUT2D eigenvalue weighted by Gasteiger charge is 2.52. The Hall–Kier alpha value is -4.03. The Morgan fingerprint density at radius 3 is 2.76 bits per heavy atom. The van der Waals surface area contributed by atoms with Gasteiger partial charge in [-0.3, -0.25) is 14.6 Å². The molecule has 0 radical (unpaired) electrons. The fourth-order valence-corrected chi connectivity index (χ4v) is 5.93. The predicted molar refractivity (Wildman–Crippen MR) is 142 cm³/mol. The molecule has 1 aromatic heterocycles. The van der Waals surface area contributed by atoms with Gasteiger partial charge < -0.3 is 20.9 Å². The van der Waals surface area contributed by atoms with Gasteiger partial charge in [0.25, 0.3) is 0 Å². The minimum absolute atomic E-state index is 0.0643. The molecule has 198 valence electrons. The van der Waals surface area contributed by atoms with E-state index in [0.29, 0.717) is 5.13 Å². The third kappa shape index (κ3) is 4.68. The maximum Gasteiger partial charge on any atom is 0.332 e. The number of para-hydroxylation sites is 1. The van der Waals surface area contributed by atoms with Gasteiger partial charge in [-0.25, -0.2) is 14.2 Å². The molecule has 2 saturated heterocycles. The first-order valence-corrected chi connectivity index (χ1v) is 13.0. The number of rotatable bonds is 7. The van der Waals surface area contributed by atoms with Gasteiger partial charge >= 0.3 is 6.03 Å². The summed E-state index contributed by atoms with van der Waals surface area (Å²) in [6, 6.07) is 10.4. The molecule has 2 aliphatic rings. The second-order valence-electron chi connectivity index (χ2n) is 9.19. The van der Waals surface area contributed by atoms with Gasteiger partial charge in [0, 0.05) is 20.0 Å². The van der Waals surface area contributed by atoms with Crippen molar-refractivity contribution in [1.82, 2.24) is 30.1 Å². The number of anilines is 1. The van der Waals surface area contributed by atoms with Crippen LogP contribution < -0.4 is 11.1 Å². The highest BCUT2D eigenvalue weighted by atomic mass is 32.1. The number of hydrogen-bond acceptors (Lipinski definition) is 7. The molecule has 2 aromatic carbocycles. The van der Waals surface area contributed by atoms with E-state index in [-0.39, 0.29) is 56.3 Å². The van der Waals surface area contributed by atoms with Crippen LogP contribution in [-0.4, -0.2) is 81.5 Å². The van der Waals surface area contributed by atoms with Gasteiger partial charge in [0.1, 0.15) is 18.0 Å². The maximum absolute atomic E-state index is 13.9. The summed E-state index contributed by atoms with van der Waals surface area (Å²) in [5, 5.41) is 6.16. The molecule has 0 spiro atoms. The maximum atomic E-state index is 13.9. The van der Waals surface area contributed by atoms with E-state index < -0.39 is 12.2 Å². The van der Waals surface area contributed by atoms with Crippen LogP contribution in [0.3, 0.4) is 0 Å². The first-order chi connectivity index (χ1) is 18.3. The van der Waals surface area contributed by atoms with E-state index in [1.54, 1.807) is 33.0 Å². The summed E-state index contributed by atoms with van der Waals surface area (Å²) in [6.45, 7) is 4.31. The smallest absolute Gasteiger partial charge is 0.332 e. The number of nitrogens with one attached hydrogen (secondary N) is 1. The van der Waals surface area contributed by atoms with Crippen molar-refractivity contribution in [2.75, 3.05) is 32.4 Å². The monoisotopic (exact) mass is 537 g/mol. The normalized spacial score (nSPS) is 19.6. The average Bonchev–Trinajstić information content (AvgIpc) is 3.45. The summed E-state index contributed by atoms with van der Waals surface area (Å²) in [7, 11) is 1.52. The number of carbonyl (C=O) groups excluding carboxylic acids is 3. The lowest BCUT2D eigenvalue weighted by atomic mass is 10.00. The number of amides is 4. The van der Waals surface area contributed by atoms with Crippen LogP contribution in [0.25, 0.3) is 10.2 Å². The zero-order valence-corrected chi connectivity index (χ0v) is 21.7. The second-order valence-corrected chi connectivity index (χ2v) is 10.2. The molecule has 38 heavy (non-hydrogen) atoms. The van der Waals surface area contributed by atoms with Gasteiger partial charge in [0.2, 0.25) is 11.8 Å². The number of piperazine rings is 1. The molecule has 12 heteroatoms. The average molecular weight is 538 g/mol. The van der Waals surface area contributed by atoms with Crippen molar-refractivity contribution in [2.24, 2.45) is 0 Å². The summed E-state index contributed by atoms with van der Waals surface area (Å²) in [4.78, 5) is 47.7. The van der Waals surface area contributed by atoms with E-state index in [2.05, 4.69) is 16.9 Å². The van der Waals surface area contributed by atoms with E-state index in [1.165, 1.54) is 35.5 Å². The molecule has 2 fully saturated rings. The van der Waals surface area contributed by atoms with Gasteiger partial charge in [-0.2, -0.15) is 5.01 Å². The fraction of sp³-hybridized carbons (Fsp3) is 0.308. The fourth-order valence-electron chi connectivity index (χ4n) is 5.15. The Morgan fingerprint density at radius 1 is 1.29 bits per heavy atom. The highest BCUT2D eigenvalue weighted by molar-refractivity contribution is 7.22. The standard InChI is InChI=1S/C26H28FN7O3S/c1-3-11-32(26(37)29-2)33-15-22(35)34-19(12-16-7-9-18(27)10-8-16)24(36)31(14-21(33)34)13-17-5-4-6-20-23(17)30-25(28)38-20/h3-10,19,21H,1,11-15H2,2H3,(H2,28,30)(H,29,37)/t19-,21+/m0/s1. The summed E-state index contributed by atoms with van der Waals surface area (Å²) >= 11 is 1.37. The topological polar surface area (TPSA) is 115 Å². The van der Waals surface area contributed by atoms with Crippen LogP contribution in [0, 0.1) is 5.82 Å². The number of benzene rings is 2. The molecule has 0 unspecified atom stereocenters. The van der Waals surface area contributed by atoms with Crippen molar-refractivity contribution >= 4 is 44.5 Å². The first kappa shape index (κ1) is 25.6. The SMILES string of the molecule is C=CCN(C(=O)NC)N1CC(=O)N2[C@@H](Cc3ccc(F)cc3)C(=O)N(Cc3cccc4sc(N)nc34)C[C@@H]21. The van der Waals surface area contributed by atoms with E-state index in [0.717, 1.165) is 21.3 Å². The number of nitrogens with zero attached hydrogens (tertiary/aromatic N) is 5. The summed E-state index contributed by atoms with van der Waals surface area (Å²) in [6.07, 6.45) is 1.21. The van der Waals surface area contributed by atoms with E-state index >= 15 is 0 Å². The zero-order chi connectivity index (χ0) is 27.0. The quantitative estimate of drug-likeness (QED) is 0.447. The van der Waals surface area contributed by atoms with E-state index in [1.807, 2.05) is 18.2 Å². The molecule has 2 atom stereocenters. The van der Waals surface area contributed by atoms with Crippen LogP contribution in [0.5, 0.6) is 0 Å². The Labute approximate surface area is 223 Å². The summed E-state index contributed by atoms with van der Waals surface area (Å²) < 4.78 is 14.5. The number of thiazole rings is 1. The van der Waals surface area contributed by atoms with Crippen molar-refractivity contribution in [3.63, 3.8) is 0 Å². The minimum Gasteiger partial charge on any atom is -0.375 e. The lowest BCUT2D eigenvalue weighted by Gasteiger charge is -2.46. The van der Waals surface area contributed by atoms with Crippen molar-refractivity contribution in [3.8, 4) is 0 Å². The molecule has 3 aromatic rings. The Bertz CT molecular complexity index is 1400. The molecule has 4 amide bonds. The Balaban J connectivity index is 1.52. The Kier molecular flexibility index (Phi) is 7.00. The highest BCUT2D eigenvalue weighted by Crippen LogP contribution is 2.32. The summed E-state index contributed by atoms with van der Waals surface area (Å²) in [5.74, 6) is -0.869. The number of urea groups is 1. The number of aromatic nitrogens is 1. The number of nitrogens with two attached hydrogens (primary N) is 1. The van der Waals surface area contributed by atoms with E-state index in [4.69, 9.17) is 5.73 Å². The van der Waals surface area contributed by atoms with Crippen LogP contribution in [0.2, 0.25) is 0 Å². The van der Waals surface area contributed by atoms with Gasteiger partial charge in [0.05, 0.1) is 29.9 Å². The molecule has 3 heterocycles. The van der Waals surface area contributed by atoms with Gasteiger partial charge in [0.15, 0.2) is 5.13 Å². The van der Waals surface area contributed by atoms with Crippen molar-refractivity contribution < 1.29 is 18.8 Å². The van der Waals surface area contributed by atoms with Crippen LogP contribution in [0.15, 0.2) is 55.1 Å². The number of hydrogen-bond donors (Lipinski definition) is 2. The number of hydrazine groups is 1. The van der Waals surface area contributed by atoms with Crippen LogP contribution >= 0.6 is 11.3 Å². The number of carbonyl (C=O) groups is 3.